The number of aromatic nitrogens is 1. The maximum atomic E-state index is 5.87. The average Bonchev–Trinajstić information content (AvgIpc) is 3.13. The van der Waals surface area contributed by atoms with Gasteiger partial charge in [-0.25, -0.2) is 4.98 Å². The third-order valence-corrected chi connectivity index (χ3v) is 4.64. The lowest BCUT2D eigenvalue weighted by Crippen LogP contribution is -2.46. The molecule has 0 saturated carbocycles. The largest absolute Gasteiger partial charge is 0.439 e. The average molecular weight is 484 g/mol. The van der Waals surface area contributed by atoms with Crippen molar-refractivity contribution in [3.63, 3.8) is 0 Å². The molecule has 1 N–H and O–H groups in total. The normalized spacial score (nSPS) is 15.5. The van der Waals surface area contributed by atoms with Crippen molar-refractivity contribution in [3.05, 3.63) is 41.9 Å². The summed E-state index contributed by atoms with van der Waals surface area (Å²) in [5.41, 5.74) is 2.27. The molecule has 7 heteroatoms. The molecular formula is C20H29IN4O2. The van der Waals surface area contributed by atoms with Crippen LogP contribution in [0.1, 0.15) is 31.2 Å². The maximum absolute atomic E-state index is 5.87. The molecule has 0 bridgehead atoms. The number of aryl methyl sites for hydroxylation is 1. The van der Waals surface area contributed by atoms with Gasteiger partial charge in [-0.3, -0.25) is 4.99 Å². The highest BCUT2D eigenvalue weighted by atomic mass is 127. The zero-order chi connectivity index (χ0) is 18.4. The number of nitrogens with one attached hydrogen (secondary N) is 1. The number of nitrogens with zero attached hydrogens (tertiary/aromatic N) is 3. The molecule has 2 heterocycles. The van der Waals surface area contributed by atoms with Gasteiger partial charge in [0.15, 0.2) is 11.7 Å². The Labute approximate surface area is 178 Å². The van der Waals surface area contributed by atoms with Gasteiger partial charge >= 0.3 is 0 Å². The maximum Gasteiger partial charge on any atom is 0.214 e. The van der Waals surface area contributed by atoms with Crippen molar-refractivity contribution in [2.24, 2.45) is 4.99 Å². The molecule has 3 rings (SSSR count). The van der Waals surface area contributed by atoms with Gasteiger partial charge in [0.25, 0.3) is 0 Å². The molecule has 6 nitrogen and oxygen atoms in total. The number of hydrogen-bond acceptors (Lipinski definition) is 4. The fourth-order valence-corrected chi connectivity index (χ4v) is 3.20. The molecule has 1 aromatic heterocycles. The van der Waals surface area contributed by atoms with Crippen LogP contribution in [0, 0.1) is 6.92 Å². The molecule has 27 heavy (non-hydrogen) atoms. The Kier molecular flexibility index (Phi) is 8.56. The lowest BCUT2D eigenvalue weighted by atomic mass is 10.1. The first-order valence-corrected chi connectivity index (χ1v) is 9.28. The van der Waals surface area contributed by atoms with Gasteiger partial charge in [0.1, 0.15) is 0 Å². The molecule has 0 unspecified atom stereocenters. The summed E-state index contributed by atoms with van der Waals surface area (Å²) in [6.07, 6.45) is 4.21. The lowest BCUT2D eigenvalue weighted by Gasteiger charge is -2.33. The van der Waals surface area contributed by atoms with Gasteiger partial charge in [0.2, 0.25) is 5.89 Å². The fourth-order valence-electron chi connectivity index (χ4n) is 3.20. The van der Waals surface area contributed by atoms with Gasteiger partial charge in [0.05, 0.1) is 18.8 Å². The van der Waals surface area contributed by atoms with E-state index in [0.717, 1.165) is 49.8 Å². The summed E-state index contributed by atoms with van der Waals surface area (Å²) in [5, 5.41) is 3.36. The summed E-state index contributed by atoms with van der Waals surface area (Å²) in [5.74, 6) is 2.33. The van der Waals surface area contributed by atoms with Crippen LogP contribution in [-0.2, 0) is 11.3 Å². The first-order chi connectivity index (χ1) is 12.7. The standard InChI is InChI=1S/C20H28N4O2.HI/c1-4-25-17-9-11-24(12-10-17)20(21-3)23-14-19-22-13-18(26-19)16-7-5-15(2)6-8-16;/h5-8,13,17H,4,9-12,14H2,1-3H3,(H,21,23);1H. The van der Waals surface area contributed by atoms with E-state index in [1.165, 1.54) is 5.56 Å². The quantitative estimate of drug-likeness (QED) is 0.397. The lowest BCUT2D eigenvalue weighted by molar-refractivity contribution is 0.0263. The van der Waals surface area contributed by atoms with Crippen molar-refractivity contribution in [2.75, 3.05) is 26.7 Å². The molecule has 1 fully saturated rings. The highest BCUT2D eigenvalue weighted by molar-refractivity contribution is 14.0. The number of benzene rings is 1. The van der Waals surface area contributed by atoms with E-state index in [1.54, 1.807) is 6.20 Å². The number of guanidine groups is 1. The second kappa shape index (κ2) is 10.7. The second-order valence-electron chi connectivity index (χ2n) is 6.53. The number of halogens is 1. The van der Waals surface area contributed by atoms with Crippen LogP contribution in [0.2, 0.25) is 0 Å². The molecule has 1 aromatic carbocycles. The molecule has 1 saturated heterocycles. The van der Waals surface area contributed by atoms with Crippen molar-refractivity contribution in [1.29, 1.82) is 0 Å². The van der Waals surface area contributed by atoms with E-state index in [9.17, 15) is 0 Å². The molecule has 0 spiro atoms. The van der Waals surface area contributed by atoms with E-state index in [2.05, 4.69) is 51.4 Å². The Bertz CT molecular complexity index is 722. The molecule has 0 amide bonds. The molecule has 2 aromatic rings. The van der Waals surface area contributed by atoms with Crippen LogP contribution in [0.5, 0.6) is 0 Å². The summed E-state index contributed by atoms with van der Waals surface area (Å²) in [7, 11) is 1.81. The van der Waals surface area contributed by atoms with E-state index in [-0.39, 0.29) is 24.0 Å². The Balaban J connectivity index is 0.00000261. The highest BCUT2D eigenvalue weighted by Crippen LogP contribution is 2.21. The Hall–Kier alpha value is -1.61. The minimum absolute atomic E-state index is 0. The summed E-state index contributed by atoms with van der Waals surface area (Å²) >= 11 is 0. The zero-order valence-electron chi connectivity index (χ0n) is 16.3. The number of piperidine rings is 1. The van der Waals surface area contributed by atoms with Crippen LogP contribution in [0.25, 0.3) is 11.3 Å². The first kappa shape index (κ1) is 21.7. The van der Waals surface area contributed by atoms with E-state index < -0.39 is 0 Å². The molecule has 0 radical (unpaired) electrons. The minimum Gasteiger partial charge on any atom is -0.439 e. The SMILES string of the molecule is CCOC1CCN(C(=NC)NCc2ncc(-c3ccc(C)cc3)o2)CC1.I. The summed E-state index contributed by atoms with van der Waals surface area (Å²) in [6.45, 7) is 7.32. The van der Waals surface area contributed by atoms with Gasteiger partial charge in [-0.05, 0) is 26.7 Å². The van der Waals surface area contributed by atoms with E-state index in [0.29, 0.717) is 18.5 Å². The summed E-state index contributed by atoms with van der Waals surface area (Å²) in [4.78, 5) is 11.0. The number of oxazole rings is 1. The van der Waals surface area contributed by atoms with E-state index >= 15 is 0 Å². The fraction of sp³-hybridized carbons (Fsp3) is 0.500. The zero-order valence-corrected chi connectivity index (χ0v) is 18.6. The molecule has 1 aliphatic rings. The Morgan fingerprint density at radius 2 is 2.00 bits per heavy atom. The van der Waals surface area contributed by atoms with Gasteiger partial charge in [-0.1, -0.05) is 29.8 Å². The van der Waals surface area contributed by atoms with E-state index in [4.69, 9.17) is 9.15 Å². The van der Waals surface area contributed by atoms with Crippen LogP contribution in [-0.4, -0.2) is 48.7 Å². The molecule has 1 aliphatic heterocycles. The van der Waals surface area contributed by atoms with Crippen LogP contribution < -0.4 is 5.32 Å². The topological polar surface area (TPSA) is 62.9 Å². The van der Waals surface area contributed by atoms with Crippen molar-refractivity contribution in [2.45, 2.75) is 39.3 Å². The number of ether oxygens (including phenoxy) is 1. The number of likely N-dealkylation sites (tertiary alicyclic amines) is 1. The van der Waals surface area contributed by atoms with Crippen LogP contribution in [0.4, 0.5) is 0 Å². The number of aliphatic imine (C=N–C) groups is 1. The smallest absolute Gasteiger partial charge is 0.214 e. The molecular weight excluding hydrogens is 455 g/mol. The summed E-state index contributed by atoms with van der Waals surface area (Å²) in [6, 6.07) is 8.25. The monoisotopic (exact) mass is 484 g/mol. The van der Waals surface area contributed by atoms with Gasteiger partial charge in [-0.15, -0.1) is 24.0 Å². The van der Waals surface area contributed by atoms with Crippen molar-refractivity contribution < 1.29 is 9.15 Å². The number of rotatable bonds is 5. The van der Waals surface area contributed by atoms with E-state index in [1.807, 2.05) is 14.0 Å². The molecule has 0 atom stereocenters. The number of hydrogen-bond donors (Lipinski definition) is 1. The van der Waals surface area contributed by atoms with Gasteiger partial charge in [0, 0.05) is 32.3 Å². The highest BCUT2D eigenvalue weighted by Gasteiger charge is 2.21. The van der Waals surface area contributed by atoms with Crippen molar-refractivity contribution in [1.82, 2.24) is 15.2 Å². The third kappa shape index (κ3) is 5.93. The molecule has 0 aliphatic carbocycles. The third-order valence-electron chi connectivity index (χ3n) is 4.64. The van der Waals surface area contributed by atoms with Crippen molar-refractivity contribution in [3.8, 4) is 11.3 Å². The van der Waals surface area contributed by atoms with Gasteiger partial charge in [-0.2, -0.15) is 0 Å². The Morgan fingerprint density at radius 3 is 2.63 bits per heavy atom. The summed E-state index contributed by atoms with van der Waals surface area (Å²) < 4.78 is 11.6. The van der Waals surface area contributed by atoms with Crippen LogP contribution >= 0.6 is 24.0 Å². The van der Waals surface area contributed by atoms with Crippen LogP contribution in [0.3, 0.4) is 0 Å². The second-order valence-corrected chi connectivity index (χ2v) is 6.53. The van der Waals surface area contributed by atoms with Crippen LogP contribution in [0.15, 0.2) is 39.9 Å². The molecule has 148 valence electrons. The predicted molar refractivity (Wildman–Crippen MR) is 119 cm³/mol. The minimum atomic E-state index is 0. The predicted octanol–water partition coefficient (Wildman–Crippen LogP) is 3.84. The Morgan fingerprint density at radius 1 is 1.30 bits per heavy atom. The van der Waals surface area contributed by atoms with Crippen molar-refractivity contribution >= 4 is 29.9 Å². The first-order valence-electron chi connectivity index (χ1n) is 9.28. The van der Waals surface area contributed by atoms with Gasteiger partial charge < -0.3 is 19.4 Å².